The van der Waals surface area contributed by atoms with Gasteiger partial charge in [-0.05, 0) is 30.3 Å². The first kappa shape index (κ1) is 15.1. The first-order chi connectivity index (χ1) is 10.0. The van der Waals surface area contributed by atoms with Gasteiger partial charge in [0.15, 0.2) is 0 Å². The Labute approximate surface area is 126 Å². The molecule has 21 heavy (non-hydrogen) atoms. The number of benzene rings is 2. The van der Waals surface area contributed by atoms with Crippen LogP contribution in [0.4, 0.5) is 10.1 Å². The molecule has 1 N–H and O–H groups in total. The number of anilines is 1. The summed E-state index contributed by atoms with van der Waals surface area (Å²) >= 11 is 5.87. The molecule has 0 aliphatic carbocycles. The van der Waals surface area contributed by atoms with E-state index in [1.165, 1.54) is 26.4 Å². The van der Waals surface area contributed by atoms with Gasteiger partial charge in [-0.1, -0.05) is 11.6 Å². The number of methoxy groups -OCH3 is 2. The average molecular weight is 310 g/mol. The lowest BCUT2D eigenvalue weighted by atomic mass is 10.1. The normalized spacial score (nSPS) is 10.1. The predicted molar refractivity (Wildman–Crippen MR) is 78.9 cm³/mol. The Morgan fingerprint density at radius 2 is 1.71 bits per heavy atom. The van der Waals surface area contributed by atoms with Crippen LogP contribution < -0.4 is 14.8 Å². The van der Waals surface area contributed by atoms with Gasteiger partial charge in [-0.15, -0.1) is 0 Å². The molecule has 6 heteroatoms. The Hall–Kier alpha value is -2.27. The highest BCUT2D eigenvalue weighted by Crippen LogP contribution is 2.26. The zero-order valence-corrected chi connectivity index (χ0v) is 12.2. The van der Waals surface area contributed by atoms with Gasteiger partial charge in [0.2, 0.25) is 0 Å². The van der Waals surface area contributed by atoms with Gasteiger partial charge in [0.1, 0.15) is 17.3 Å². The molecule has 4 nitrogen and oxygen atoms in total. The van der Waals surface area contributed by atoms with Gasteiger partial charge < -0.3 is 14.8 Å². The number of hydrogen-bond acceptors (Lipinski definition) is 3. The van der Waals surface area contributed by atoms with E-state index < -0.39 is 11.7 Å². The molecule has 2 aromatic rings. The molecule has 2 aromatic carbocycles. The Bertz CT molecular complexity index is 654. The van der Waals surface area contributed by atoms with E-state index >= 15 is 0 Å². The lowest BCUT2D eigenvalue weighted by Crippen LogP contribution is -2.12. The monoisotopic (exact) mass is 309 g/mol. The van der Waals surface area contributed by atoms with E-state index in [2.05, 4.69) is 5.32 Å². The standard InChI is InChI=1S/C15H13ClFNO3/c1-20-11-5-9(6-12(8-11)21-2)15(19)18-14-4-3-10(17)7-13(14)16/h3-8H,1-2H3,(H,18,19). The molecule has 0 spiro atoms. The van der Waals surface area contributed by atoms with E-state index in [9.17, 15) is 9.18 Å². The van der Waals surface area contributed by atoms with Crippen molar-refractivity contribution in [3.8, 4) is 11.5 Å². The van der Waals surface area contributed by atoms with Crippen molar-refractivity contribution in [1.29, 1.82) is 0 Å². The van der Waals surface area contributed by atoms with Crippen molar-refractivity contribution in [2.75, 3.05) is 19.5 Å². The van der Waals surface area contributed by atoms with Crippen LogP contribution in [-0.2, 0) is 0 Å². The van der Waals surface area contributed by atoms with Crippen LogP contribution in [-0.4, -0.2) is 20.1 Å². The third-order valence-electron chi connectivity index (χ3n) is 2.79. The first-order valence-electron chi connectivity index (χ1n) is 6.03. The van der Waals surface area contributed by atoms with Crippen LogP contribution >= 0.6 is 11.6 Å². The second-order valence-electron chi connectivity index (χ2n) is 4.18. The highest BCUT2D eigenvalue weighted by atomic mass is 35.5. The van der Waals surface area contributed by atoms with Gasteiger partial charge in [-0.2, -0.15) is 0 Å². The first-order valence-corrected chi connectivity index (χ1v) is 6.40. The molecule has 0 aromatic heterocycles. The Morgan fingerprint density at radius 1 is 1.10 bits per heavy atom. The van der Waals surface area contributed by atoms with E-state index in [1.807, 2.05) is 0 Å². The van der Waals surface area contributed by atoms with E-state index in [4.69, 9.17) is 21.1 Å². The molecule has 0 fully saturated rings. The SMILES string of the molecule is COc1cc(OC)cc(C(=O)Nc2ccc(F)cc2Cl)c1. The molecule has 0 radical (unpaired) electrons. The summed E-state index contributed by atoms with van der Waals surface area (Å²) in [5.41, 5.74) is 0.663. The van der Waals surface area contributed by atoms with Crippen molar-refractivity contribution in [3.05, 3.63) is 52.8 Å². The van der Waals surface area contributed by atoms with Crippen LogP contribution in [0.3, 0.4) is 0 Å². The fourth-order valence-corrected chi connectivity index (χ4v) is 1.94. The number of ether oxygens (including phenoxy) is 2. The number of hydrogen-bond donors (Lipinski definition) is 1. The summed E-state index contributed by atoms with van der Waals surface area (Å²) in [4.78, 5) is 12.2. The van der Waals surface area contributed by atoms with Crippen LogP contribution in [0.25, 0.3) is 0 Å². The average Bonchev–Trinajstić information content (AvgIpc) is 2.49. The summed E-state index contributed by atoms with van der Waals surface area (Å²) in [6, 6.07) is 8.52. The van der Waals surface area contributed by atoms with Crippen molar-refractivity contribution >= 4 is 23.2 Å². The second kappa shape index (κ2) is 6.45. The van der Waals surface area contributed by atoms with Gasteiger partial charge >= 0.3 is 0 Å². The van der Waals surface area contributed by atoms with Crippen molar-refractivity contribution in [2.24, 2.45) is 0 Å². The molecular weight excluding hydrogens is 297 g/mol. The van der Waals surface area contributed by atoms with Crippen molar-refractivity contribution in [2.45, 2.75) is 0 Å². The fourth-order valence-electron chi connectivity index (χ4n) is 1.72. The summed E-state index contributed by atoms with van der Waals surface area (Å²) in [6.07, 6.45) is 0. The summed E-state index contributed by atoms with van der Waals surface area (Å²) in [5.74, 6) is 0.108. The number of carbonyl (C=O) groups is 1. The molecule has 0 aliphatic rings. The van der Waals surface area contributed by atoms with Crippen LogP contribution in [0.2, 0.25) is 5.02 Å². The molecule has 0 heterocycles. The Morgan fingerprint density at radius 3 is 2.24 bits per heavy atom. The lowest BCUT2D eigenvalue weighted by Gasteiger charge is -2.10. The summed E-state index contributed by atoms with van der Waals surface area (Å²) < 4.78 is 23.2. The topological polar surface area (TPSA) is 47.6 Å². The second-order valence-corrected chi connectivity index (χ2v) is 4.59. The van der Waals surface area contributed by atoms with Crippen LogP contribution in [0, 0.1) is 5.82 Å². The Kier molecular flexibility index (Phi) is 4.65. The molecule has 0 saturated carbocycles. The van der Waals surface area contributed by atoms with Gasteiger partial charge in [0.25, 0.3) is 5.91 Å². The minimum absolute atomic E-state index is 0.123. The van der Waals surface area contributed by atoms with E-state index in [0.717, 1.165) is 6.07 Å². The lowest BCUT2D eigenvalue weighted by molar-refractivity contribution is 0.102. The minimum Gasteiger partial charge on any atom is -0.497 e. The Balaban J connectivity index is 2.27. The van der Waals surface area contributed by atoms with E-state index in [1.54, 1.807) is 18.2 Å². The fraction of sp³-hybridized carbons (Fsp3) is 0.133. The largest absolute Gasteiger partial charge is 0.497 e. The summed E-state index contributed by atoms with van der Waals surface area (Å²) in [6.45, 7) is 0. The zero-order chi connectivity index (χ0) is 15.4. The van der Waals surface area contributed by atoms with Crippen LogP contribution in [0.5, 0.6) is 11.5 Å². The van der Waals surface area contributed by atoms with Crippen molar-refractivity contribution in [1.82, 2.24) is 0 Å². The van der Waals surface area contributed by atoms with Crippen LogP contribution in [0.15, 0.2) is 36.4 Å². The minimum atomic E-state index is -0.471. The molecular formula is C15H13ClFNO3. The smallest absolute Gasteiger partial charge is 0.255 e. The summed E-state index contributed by atoms with van der Waals surface area (Å²) in [5, 5.41) is 2.73. The third-order valence-corrected chi connectivity index (χ3v) is 3.11. The molecule has 0 bridgehead atoms. The quantitative estimate of drug-likeness (QED) is 0.935. The summed E-state index contributed by atoms with van der Waals surface area (Å²) in [7, 11) is 2.99. The molecule has 0 aliphatic heterocycles. The maximum absolute atomic E-state index is 13.0. The number of rotatable bonds is 4. The molecule has 0 unspecified atom stereocenters. The number of amides is 1. The van der Waals surface area contributed by atoms with Gasteiger partial charge in [0.05, 0.1) is 24.9 Å². The van der Waals surface area contributed by atoms with Crippen LogP contribution in [0.1, 0.15) is 10.4 Å². The molecule has 1 amide bonds. The molecule has 110 valence electrons. The molecule has 0 saturated heterocycles. The van der Waals surface area contributed by atoms with E-state index in [-0.39, 0.29) is 5.02 Å². The third kappa shape index (κ3) is 3.64. The highest BCUT2D eigenvalue weighted by Gasteiger charge is 2.12. The number of carbonyl (C=O) groups excluding carboxylic acids is 1. The highest BCUT2D eigenvalue weighted by molar-refractivity contribution is 6.33. The maximum Gasteiger partial charge on any atom is 0.255 e. The maximum atomic E-state index is 13.0. The molecule has 0 atom stereocenters. The molecule has 2 rings (SSSR count). The van der Waals surface area contributed by atoms with Crippen molar-refractivity contribution < 1.29 is 18.7 Å². The number of halogens is 2. The van der Waals surface area contributed by atoms with Gasteiger partial charge in [0, 0.05) is 11.6 Å². The van der Waals surface area contributed by atoms with Crippen molar-refractivity contribution in [3.63, 3.8) is 0 Å². The van der Waals surface area contributed by atoms with E-state index in [0.29, 0.717) is 22.7 Å². The number of nitrogens with one attached hydrogen (secondary N) is 1. The van der Waals surface area contributed by atoms with Gasteiger partial charge in [-0.3, -0.25) is 4.79 Å². The van der Waals surface area contributed by atoms with Gasteiger partial charge in [-0.25, -0.2) is 4.39 Å². The predicted octanol–water partition coefficient (Wildman–Crippen LogP) is 3.75. The zero-order valence-electron chi connectivity index (χ0n) is 11.4.